The number of amides is 1. The van der Waals surface area contributed by atoms with Crippen LogP contribution in [0.5, 0.6) is 0 Å². The van der Waals surface area contributed by atoms with Gasteiger partial charge < -0.3 is 10.1 Å². The van der Waals surface area contributed by atoms with Crippen LogP contribution in [0.25, 0.3) is 5.69 Å². The number of nitrogens with zero attached hydrogens (tertiary/aromatic N) is 3. The second-order valence-electron chi connectivity index (χ2n) is 7.01. The number of aromatic amines is 1. The Bertz CT molecular complexity index is 941. The zero-order valence-electron chi connectivity index (χ0n) is 15.5. The van der Waals surface area contributed by atoms with E-state index in [1.807, 2.05) is 43.5 Å². The predicted molar refractivity (Wildman–Crippen MR) is 102 cm³/mol. The summed E-state index contributed by atoms with van der Waals surface area (Å²) in [5.74, 6) is 0.722. The van der Waals surface area contributed by atoms with Gasteiger partial charge in [-0.3, -0.25) is 9.89 Å². The van der Waals surface area contributed by atoms with E-state index >= 15 is 0 Å². The fourth-order valence-electron chi connectivity index (χ4n) is 3.05. The molecule has 2 N–H and O–H groups in total. The molecule has 4 rings (SSSR count). The van der Waals surface area contributed by atoms with E-state index in [0.717, 1.165) is 22.5 Å². The van der Waals surface area contributed by atoms with Gasteiger partial charge in [-0.15, -0.1) is 0 Å². The Hall–Kier alpha value is -2.93. The fraction of sp³-hybridized carbons (Fsp3) is 0.350. The average molecular weight is 365 g/mol. The topological polar surface area (TPSA) is 84.8 Å². The Balaban J connectivity index is 1.44. The Morgan fingerprint density at radius 2 is 2.26 bits per heavy atom. The zero-order valence-corrected chi connectivity index (χ0v) is 15.5. The molecule has 3 aromatic rings. The maximum atomic E-state index is 12.6. The summed E-state index contributed by atoms with van der Waals surface area (Å²) in [5, 5.41) is 14.5. The molecule has 1 aliphatic carbocycles. The molecule has 0 radical (unpaired) electrons. The van der Waals surface area contributed by atoms with Gasteiger partial charge in [0.15, 0.2) is 5.82 Å². The summed E-state index contributed by atoms with van der Waals surface area (Å²) in [6, 6.07) is 9.90. The molecule has 1 amide bonds. The SMILES string of the molecule is COCc1cccc(-n2cc([C@@H](C)C(=O)Nc3cc(C4CC4)[nH]n3)cn2)c1. The van der Waals surface area contributed by atoms with Gasteiger partial charge in [0.1, 0.15) is 0 Å². The fourth-order valence-corrected chi connectivity index (χ4v) is 3.05. The van der Waals surface area contributed by atoms with Crippen molar-refractivity contribution < 1.29 is 9.53 Å². The molecule has 1 saturated carbocycles. The van der Waals surface area contributed by atoms with Crippen LogP contribution in [-0.4, -0.2) is 33.0 Å². The molecule has 7 heteroatoms. The number of ether oxygens (including phenoxy) is 1. The number of carbonyl (C=O) groups is 1. The van der Waals surface area contributed by atoms with E-state index in [9.17, 15) is 4.79 Å². The van der Waals surface area contributed by atoms with Crippen molar-refractivity contribution in [1.29, 1.82) is 0 Å². The Morgan fingerprint density at radius 3 is 3.04 bits per heavy atom. The van der Waals surface area contributed by atoms with Crippen LogP contribution < -0.4 is 5.32 Å². The minimum absolute atomic E-state index is 0.100. The molecule has 0 bridgehead atoms. The van der Waals surface area contributed by atoms with Crippen molar-refractivity contribution in [3.8, 4) is 5.69 Å². The van der Waals surface area contributed by atoms with Crippen LogP contribution in [-0.2, 0) is 16.1 Å². The summed E-state index contributed by atoms with van der Waals surface area (Å²) in [7, 11) is 1.67. The molecular formula is C20H23N5O2. The van der Waals surface area contributed by atoms with E-state index in [0.29, 0.717) is 18.3 Å². The van der Waals surface area contributed by atoms with Crippen molar-refractivity contribution >= 4 is 11.7 Å². The summed E-state index contributed by atoms with van der Waals surface area (Å²) in [6.45, 7) is 2.42. The smallest absolute Gasteiger partial charge is 0.232 e. The number of rotatable bonds is 7. The van der Waals surface area contributed by atoms with E-state index in [1.54, 1.807) is 18.0 Å². The van der Waals surface area contributed by atoms with Crippen LogP contribution in [0.2, 0.25) is 0 Å². The molecule has 140 valence electrons. The van der Waals surface area contributed by atoms with Gasteiger partial charge in [-0.1, -0.05) is 12.1 Å². The number of anilines is 1. The minimum atomic E-state index is -0.331. The van der Waals surface area contributed by atoms with Gasteiger partial charge in [0.2, 0.25) is 5.91 Å². The third-order valence-corrected chi connectivity index (χ3v) is 4.85. The second kappa shape index (κ2) is 7.36. The number of aromatic nitrogens is 4. The average Bonchev–Trinajstić information content (AvgIpc) is 3.22. The van der Waals surface area contributed by atoms with Crippen LogP contribution in [0.4, 0.5) is 5.82 Å². The lowest BCUT2D eigenvalue weighted by molar-refractivity contribution is -0.117. The van der Waals surface area contributed by atoms with Crippen molar-refractivity contribution in [2.75, 3.05) is 12.4 Å². The molecule has 7 nitrogen and oxygen atoms in total. The number of hydrogen-bond donors (Lipinski definition) is 2. The third kappa shape index (κ3) is 3.93. The van der Waals surface area contributed by atoms with Crippen molar-refractivity contribution in [3.05, 3.63) is 59.5 Å². The number of methoxy groups -OCH3 is 1. The molecule has 1 aliphatic rings. The highest BCUT2D eigenvalue weighted by Gasteiger charge is 2.26. The van der Waals surface area contributed by atoms with Gasteiger partial charge in [0, 0.05) is 36.5 Å². The number of hydrogen-bond acceptors (Lipinski definition) is 4. The van der Waals surface area contributed by atoms with Crippen molar-refractivity contribution in [1.82, 2.24) is 20.0 Å². The first-order chi connectivity index (χ1) is 13.1. The lowest BCUT2D eigenvalue weighted by atomic mass is 10.0. The molecule has 1 aromatic carbocycles. The van der Waals surface area contributed by atoms with E-state index in [4.69, 9.17) is 4.74 Å². The Kier molecular flexibility index (Phi) is 4.77. The normalized spacial score (nSPS) is 14.9. The molecule has 0 unspecified atom stereocenters. The summed E-state index contributed by atoms with van der Waals surface area (Å²) in [6.07, 6.45) is 6.00. The van der Waals surface area contributed by atoms with Gasteiger partial charge in [-0.25, -0.2) is 4.68 Å². The highest BCUT2D eigenvalue weighted by Crippen LogP contribution is 2.39. The van der Waals surface area contributed by atoms with Gasteiger partial charge >= 0.3 is 0 Å². The molecule has 0 saturated heterocycles. The molecule has 27 heavy (non-hydrogen) atoms. The molecule has 2 aromatic heterocycles. The van der Waals surface area contributed by atoms with Crippen molar-refractivity contribution in [2.45, 2.75) is 38.2 Å². The lowest BCUT2D eigenvalue weighted by Crippen LogP contribution is -2.18. The maximum absolute atomic E-state index is 12.6. The lowest BCUT2D eigenvalue weighted by Gasteiger charge is -2.08. The highest BCUT2D eigenvalue weighted by molar-refractivity contribution is 5.94. The van der Waals surface area contributed by atoms with E-state index in [1.165, 1.54) is 12.8 Å². The Labute approximate surface area is 157 Å². The highest BCUT2D eigenvalue weighted by atomic mass is 16.5. The van der Waals surface area contributed by atoms with Crippen molar-refractivity contribution in [3.63, 3.8) is 0 Å². The Morgan fingerprint density at radius 1 is 1.41 bits per heavy atom. The third-order valence-electron chi connectivity index (χ3n) is 4.85. The summed E-state index contributed by atoms with van der Waals surface area (Å²) in [5.41, 5.74) is 3.96. The summed E-state index contributed by atoms with van der Waals surface area (Å²) >= 11 is 0. The first-order valence-corrected chi connectivity index (χ1v) is 9.13. The van der Waals surface area contributed by atoms with Crippen LogP contribution in [0.1, 0.15) is 48.4 Å². The molecule has 2 heterocycles. The van der Waals surface area contributed by atoms with E-state index < -0.39 is 0 Å². The number of H-pyrrole nitrogens is 1. The van der Waals surface area contributed by atoms with Crippen molar-refractivity contribution in [2.24, 2.45) is 0 Å². The van der Waals surface area contributed by atoms with Crippen LogP contribution >= 0.6 is 0 Å². The minimum Gasteiger partial charge on any atom is -0.380 e. The summed E-state index contributed by atoms with van der Waals surface area (Å²) < 4.78 is 6.96. The number of benzene rings is 1. The molecule has 0 spiro atoms. The van der Waals surface area contributed by atoms with Gasteiger partial charge in [-0.05, 0) is 37.5 Å². The van der Waals surface area contributed by atoms with E-state index in [2.05, 4.69) is 20.6 Å². The first kappa shape index (κ1) is 17.5. The van der Waals surface area contributed by atoms with Gasteiger partial charge in [0.05, 0.1) is 24.4 Å². The number of nitrogens with one attached hydrogen (secondary N) is 2. The van der Waals surface area contributed by atoms with Gasteiger partial charge in [-0.2, -0.15) is 10.2 Å². The quantitative estimate of drug-likeness (QED) is 0.672. The van der Waals surface area contributed by atoms with Crippen LogP contribution in [0, 0.1) is 0 Å². The molecular weight excluding hydrogens is 342 g/mol. The van der Waals surface area contributed by atoms with Gasteiger partial charge in [0.25, 0.3) is 0 Å². The van der Waals surface area contributed by atoms with E-state index in [-0.39, 0.29) is 11.8 Å². The first-order valence-electron chi connectivity index (χ1n) is 9.13. The second-order valence-corrected chi connectivity index (χ2v) is 7.01. The zero-order chi connectivity index (χ0) is 18.8. The maximum Gasteiger partial charge on any atom is 0.232 e. The predicted octanol–water partition coefficient (Wildman–Crippen LogP) is 3.36. The molecule has 1 atom stereocenters. The standard InChI is InChI=1S/C20H23N5O2/c1-13(20(26)22-19-9-18(23-24-19)15-6-7-15)16-10-21-25(11-16)17-5-3-4-14(8-17)12-27-2/h3-5,8-11,13,15H,6-7,12H2,1-2H3,(H2,22,23,24,26)/t13-/m1/s1. The molecule has 1 fully saturated rings. The van der Waals surface area contributed by atoms with Crippen LogP contribution in [0.3, 0.4) is 0 Å². The largest absolute Gasteiger partial charge is 0.380 e. The summed E-state index contributed by atoms with van der Waals surface area (Å²) in [4.78, 5) is 12.6. The molecule has 0 aliphatic heterocycles. The number of carbonyl (C=O) groups excluding carboxylic acids is 1. The monoisotopic (exact) mass is 365 g/mol. The van der Waals surface area contributed by atoms with Crippen LogP contribution in [0.15, 0.2) is 42.7 Å².